The van der Waals surface area contributed by atoms with Crippen molar-refractivity contribution in [2.75, 3.05) is 7.11 Å². The van der Waals surface area contributed by atoms with Gasteiger partial charge in [0.1, 0.15) is 0 Å². The highest BCUT2D eigenvalue weighted by Crippen LogP contribution is 2.28. The van der Waals surface area contributed by atoms with Gasteiger partial charge >= 0.3 is 0 Å². The van der Waals surface area contributed by atoms with Gasteiger partial charge in [-0.2, -0.15) is 0 Å². The molecule has 0 radical (unpaired) electrons. The molecule has 0 aliphatic rings. The topological polar surface area (TPSA) is 59.4 Å². The van der Waals surface area contributed by atoms with Crippen LogP contribution in [0.1, 0.15) is 30.3 Å². The quantitative estimate of drug-likeness (QED) is 0.787. The van der Waals surface area contributed by atoms with E-state index in [-0.39, 0.29) is 5.56 Å². The monoisotopic (exact) mass is 311 g/mol. The van der Waals surface area contributed by atoms with Gasteiger partial charge in [0.15, 0.2) is 5.65 Å². The van der Waals surface area contributed by atoms with E-state index >= 15 is 0 Å². The Balaban J connectivity index is 2.29. The number of benzene rings is 1. The van der Waals surface area contributed by atoms with Crippen LogP contribution in [0.25, 0.3) is 16.8 Å². The number of fused-ring (bicyclic) bond motifs is 1. The molecule has 1 aromatic carbocycles. The lowest BCUT2D eigenvalue weighted by Crippen LogP contribution is -2.15. The Hall–Kier alpha value is -2.40. The number of nitrogens with one attached hydrogen (secondary N) is 1. The molecule has 5 heteroatoms. The molecule has 3 rings (SSSR count). The molecule has 0 saturated carbocycles. The summed E-state index contributed by atoms with van der Waals surface area (Å²) in [5.74, 6) is 0. The van der Waals surface area contributed by atoms with Gasteiger partial charge in [0.25, 0.3) is 5.56 Å². The number of H-pyrrole nitrogens is 1. The zero-order chi connectivity index (χ0) is 16.4. The minimum Gasteiger partial charge on any atom is -0.378 e. The van der Waals surface area contributed by atoms with E-state index in [1.165, 1.54) is 10.1 Å². The van der Waals surface area contributed by atoms with Gasteiger partial charge in [0.2, 0.25) is 0 Å². The Morgan fingerprint density at radius 3 is 2.65 bits per heavy atom. The van der Waals surface area contributed by atoms with E-state index in [0.717, 1.165) is 35.4 Å². The van der Waals surface area contributed by atoms with Gasteiger partial charge in [0.05, 0.1) is 12.3 Å². The van der Waals surface area contributed by atoms with Gasteiger partial charge < -0.3 is 4.74 Å². The average molecular weight is 311 g/mol. The summed E-state index contributed by atoms with van der Waals surface area (Å²) in [5.41, 5.74) is 5.41. The predicted molar refractivity (Wildman–Crippen MR) is 90.7 cm³/mol. The van der Waals surface area contributed by atoms with E-state index in [1.54, 1.807) is 13.2 Å². The fourth-order valence-corrected chi connectivity index (χ4v) is 2.79. The maximum absolute atomic E-state index is 12.4. The molecule has 5 nitrogen and oxygen atoms in total. The summed E-state index contributed by atoms with van der Waals surface area (Å²) in [6.45, 7) is 4.53. The number of ether oxygens (including phenoxy) is 1. The highest BCUT2D eigenvalue weighted by molar-refractivity contribution is 5.80. The second kappa shape index (κ2) is 6.38. The fourth-order valence-electron chi connectivity index (χ4n) is 2.79. The molecule has 120 valence electrons. The van der Waals surface area contributed by atoms with Crippen LogP contribution in [0.4, 0.5) is 0 Å². The van der Waals surface area contributed by atoms with Crippen molar-refractivity contribution < 1.29 is 4.74 Å². The summed E-state index contributed by atoms with van der Waals surface area (Å²) in [4.78, 5) is 17.1. The van der Waals surface area contributed by atoms with Gasteiger partial charge in [-0.25, -0.2) is 9.50 Å². The highest BCUT2D eigenvalue weighted by atomic mass is 16.5. The average Bonchev–Trinajstić information content (AvgIpc) is 2.88. The van der Waals surface area contributed by atoms with Crippen molar-refractivity contribution in [2.45, 2.75) is 33.3 Å². The largest absolute Gasteiger partial charge is 0.378 e. The van der Waals surface area contributed by atoms with Crippen LogP contribution < -0.4 is 5.56 Å². The Morgan fingerprint density at radius 1 is 1.26 bits per heavy atom. The summed E-state index contributed by atoms with van der Waals surface area (Å²) in [6.07, 6.45) is 1.75. The van der Waals surface area contributed by atoms with Crippen molar-refractivity contribution in [2.24, 2.45) is 0 Å². The molecule has 0 fully saturated rings. The molecule has 0 aliphatic carbocycles. The third-order valence-electron chi connectivity index (χ3n) is 3.88. The molecular formula is C18H21N3O2. The Kier molecular flexibility index (Phi) is 4.30. The second-order valence-electron chi connectivity index (χ2n) is 5.76. The summed E-state index contributed by atoms with van der Waals surface area (Å²) < 4.78 is 6.79. The summed E-state index contributed by atoms with van der Waals surface area (Å²) in [5, 5.41) is 3.13. The van der Waals surface area contributed by atoms with E-state index in [2.05, 4.69) is 43.2 Å². The molecule has 23 heavy (non-hydrogen) atoms. The zero-order valence-electron chi connectivity index (χ0n) is 13.7. The zero-order valence-corrected chi connectivity index (χ0v) is 13.7. The molecule has 0 bridgehead atoms. The van der Waals surface area contributed by atoms with Crippen LogP contribution >= 0.6 is 0 Å². The molecule has 1 N–H and O–H groups in total. The minimum absolute atomic E-state index is 0.0887. The van der Waals surface area contributed by atoms with Crippen molar-refractivity contribution in [3.63, 3.8) is 0 Å². The Morgan fingerprint density at radius 2 is 2.00 bits per heavy atom. The van der Waals surface area contributed by atoms with Crippen molar-refractivity contribution in [3.05, 3.63) is 57.6 Å². The predicted octanol–water partition coefficient (Wildman–Crippen LogP) is 3.10. The lowest BCUT2D eigenvalue weighted by Gasteiger charge is -2.04. The van der Waals surface area contributed by atoms with Crippen LogP contribution in [0.5, 0.6) is 0 Å². The van der Waals surface area contributed by atoms with Gasteiger partial charge in [-0.3, -0.25) is 9.89 Å². The summed E-state index contributed by atoms with van der Waals surface area (Å²) >= 11 is 0. The molecule has 0 saturated heterocycles. The number of aryl methyl sites for hydroxylation is 2. The molecular weight excluding hydrogens is 290 g/mol. The molecule has 0 spiro atoms. The van der Waals surface area contributed by atoms with E-state index in [9.17, 15) is 4.79 Å². The number of methoxy groups -OCH3 is 1. The molecule has 0 amide bonds. The Bertz CT molecular complexity index is 876. The number of hydrogen-bond donors (Lipinski definition) is 1. The minimum atomic E-state index is -0.0887. The van der Waals surface area contributed by atoms with E-state index < -0.39 is 0 Å². The van der Waals surface area contributed by atoms with Gasteiger partial charge in [0, 0.05) is 24.4 Å². The number of hydrogen-bond acceptors (Lipinski definition) is 3. The molecule has 3 aromatic rings. The fraction of sp³-hybridized carbons (Fsp3) is 0.333. The molecule has 0 aliphatic heterocycles. The van der Waals surface area contributed by atoms with Crippen LogP contribution in [0, 0.1) is 6.92 Å². The molecule has 0 atom stereocenters. The van der Waals surface area contributed by atoms with Gasteiger partial charge in [-0.1, -0.05) is 43.2 Å². The molecule has 0 unspecified atom stereocenters. The highest BCUT2D eigenvalue weighted by Gasteiger charge is 2.16. The normalized spacial score (nSPS) is 11.3. The van der Waals surface area contributed by atoms with Crippen LogP contribution in [-0.2, 0) is 17.8 Å². The van der Waals surface area contributed by atoms with Gasteiger partial charge in [-0.15, -0.1) is 0 Å². The Labute approximate surface area is 134 Å². The summed E-state index contributed by atoms with van der Waals surface area (Å²) in [7, 11) is 1.64. The van der Waals surface area contributed by atoms with Crippen LogP contribution in [0.2, 0.25) is 0 Å². The first-order valence-corrected chi connectivity index (χ1v) is 7.83. The first-order chi connectivity index (χ1) is 11.1. The number of aromatic nitrogens is 3. The van der Waals surface area contributed by atoms with Crippen molar-refractivity contribution >= 4 is 5.65 Å². The number of nitrogens with zero attached hydrogens (tertiary/aromatic N) is 2. The third-order valence-corrected chi connectivity index (χ3v) is 3.88. The van der Waals surface area contributed by atoms with E-state index in [4.69, 9.17) is 9.72 Å². The first kappa shape index (κ1) is 15.5. The van der Waals surface area contributed by atoms with Crippen LogP contribution in [0.15, 0.2) is 35.1 Å². The second-order valence-corrected chi connectivity index (χ2v) is 5.76. The lowest BCUT2D eigenvalue weighted by molar-refractivity contribution is 0.181. The number of rotatable bonds is 5. The van der Waals surface area contributed by atoms with Crippen molar-refractivity contribution in [1.29, 1.82) is 0 Å². The number of aromatic amines is 1. The van der Waals surface area contributed by atoms with Crippen molar-refractivity contribution in [1.82, 2.24) is 14.6 Å². The van der Waals surface area contributed by atoms with Crippen LogP contribution in [-0.4, -0.2) is 21.7 Å². The summed E-state index contributed by atoms with van der Waals surface area (Å²) in [6, 6.07) is 9.82. The van der Waals surface area contributed by atoms with Gasteiger partial charge in [-0.05, 0) is 18.9 Å². The standard InChI is InChI=1S/C18H21N3O2/c1-4-5-14-10-16(22)21-18(19-14)17(15(20-21)11-23-3)13-8-6-12(2)7-9-13/h6-10,20H,4-5,11H2,1-3H3. The molecule has 2 aromatic heterocycles. The first-order valence-electron chi connectivity index (χ1n) is 7.83. The smallest absolute Gasteiger partial charge is 0.272 e. The SMILES string of the molecule is CCCc1cc(=O)n2[nH]c(COC)c(-c3ccc(C)cc3)c2n1. The van der Waals surface area contributed by atoms with E-state index in [1.807, 2.05) is 0 Å². The van der Waals surface area contributed by atoms with E-state index in [0.29, 0.717) is 12.3 Å². The third kappa shape index (κ3) is 2.92. The molecule has 2 heterocycles. The lowest BCUT2D eigenvalue weighted by atomic mass is 10.0. The maximum atomic E-state index is 12.4. The van der Waals surface area contributed by atoms with Crippen LogP contribution in [0.3, 0.4) is 0 Å². The maximum Gasteiger partial charge on any atom is 0.272 e. The van der Waals surface area contributed by atoms with Crippen molar-refractivity contribution in [3.8, 4) is 11.1 Å².